The van der Waals surface area contributed by atoms with Crippen LogP contribution in [0.1, 0.15) is 69.8 Å². The van der Waals surface area contributed by atoms with Crippen molar-refractivity contribution in [3.8, 4) is 17.6 Å². The number of ketones is 1. The van der Waals surface area contributed by atoms with Crippen LogP contribution in [0.3, 0.4) is 0 Å². The van der Waals surface area contributed by atoms with E-state index in [1.54, 1.807) is 19.1 Å². The van der Waals surface area contributed by atoms with E-state index in [1.807, 2.05) is 36.4 Å². The van der Waals surface area contributed by atoms with E-state index in [2.05, 4.69) is 43.6 Å². The van der Waals surface area contributed by atoms with E-state index >= 15 is 0 Å². The number of ether oxygens (including phenoxy) is 2. The van der Waals surface area contributed by atoms with Crippen molar-refractivity contribution < 1.29 is 14.3 Å². The Labute approximate surface area is 218 Å². The Morgan fingerprint density at radius 1 is 0.722 bits per heavy atom. The first-order chi connectivity index (χ1) is 17.5. The lowest BCUT2D eigenvalue weighted by Crippen LogP contribution is -2.25. The van der Waals surface area contributed by atoms with Crippen LogP contribution >= 0.6 is 0 Å². The number of rotatable bonds is 16. The molecule has 6 heteroatoms. The van der Waals surface area contributed by atoms with Crippen LogP contribution in [-0.2, 0) is 0 Å². The summed E-state index contributed by atoms with van der Waals surface area (Å²) >= 11 is 0. The lowest BCUT2D eigenvalue weighted by Gasteiger charge is -2.17. The van der Waals surface area contributed by atoms with Gasteiger partial charge in [-0.3, -0.25) is 4.79 Å². The van der Waals surface area contributed by atoms with Gasteiger partial charge in [-0.15, -0.1) is 0 Å². The number of nitrogens with zero attached hydrogens (tertiary/aromatic N) is 3. The molecule has 0 aliphatic carbocycles. The third kappa shape index (κ3) is 13.3. The van der Waals surface area contributed by atoms with Crippen LogP contribution in [0, 0.1) is 11.3 Å². The molecule has 6 nitrogen and oxygen atoms in total. The number of nitriles is 1. The van der Waals surface area contributed by atoms with Crippen molar-refractivity contribution in [3.05, 3.63) is 59.7 Å². The first kappa shape index (κ1) is 31.2. The molecule has 0 aliphatic heterocycles. The average Bonchev–Trinajstić information content (AvgIpc) is 2.92. The first-order valence-electron chi connectivity index (χ1n) is 13.3. The summed E-state index contributed by atoms with van der Waals surface area (Å²) in [5.41, 5.74) is 1.40. The predicted octanol–water partition coefficient (Wildman–Crippen LogP) is 6.06. The van der Waals surface area contributed by atoms with Gasteiger partial charge in [0.1, 0.15) is 11.5 Å². The predicted molar refractivity (Wildman–Crippen MR) is 148 cm³/mol. The van der Waals surface area contributed by atoms with E-state index in [1.165, 1.54) is 0 Å². The highest BCUT2D eigenvalue weighted by Gasteiger charge is 2.02. The number of hydrogen-bond donors (Lipinski definition) is 0. The van der Waals surface area contributed by atoms with Crippen molar-refractivity contribution in [3.63, 3.8) is 0 Å². The molecule has 0 heterocycles. The molecule has 0 saturated carbocycles. The summed E-state index contributed by atoms with van der Waals surface area (Å²) < 4.78 is 11.3. The summed E-state index contributed by atoms with van der Waals surface area (Å²) in [6.07, 6.45) is 3.25. The van der Waals surface area contributed by atoms with Crippen LogP contribution in [-0.4, -0.2) is 68.1 Å². The van der Waals surface area contributed by atoms with Gasteiger partial charge in [0, 0.05) is 12.1 Å². The monoisotopic (exact) mass is 495 g/mol. The molecule has 198 valence electrons. The molecular formula is C30H45N3O3. The molecule has 0 atom stereocenters. The number of carbonyl (C=O) groups is 1. The zero-order valence-electron chi connectivity index (χ0n) is 23.0. The second-order valence-electron chi connectivity index (χ2n) is 8.53. The fraction of sp³-hybridized carbons (Fsp3) is 0.533. The molecule has 2 rings (SSSR count). The van der Waals surface area contributed by atoms with Gasteiger partial charge in [-0.05, 0) is 107 Å². The Bertz CT molecular complexity index is 868. The normalized spacial score (nSPS) is 10.5. The third-order valence-electron chi connectivity index (χ3n) is 6.06. The van der Waals surface area contributed by atoms with E-state index in [-0.39, 0.29) is 5.78 Å². The molecule has 0 N–H and O–H groups in total. The SMILES string of the molecule is CCN(CC)CCCCOc1ccc(C#N)cc1.CCN(CC)CCCOc1ccc(C(C)=O)cc1. The minimum atomic E-state index is 0.0862. The zero-order valence-corrected chi connectivity index (χ0v) is 23.0. The van der Waals surface area contributed by atoms with Crippen LogP contribution in [0.4, 0.5) is 0 Å². The standard InChI is InChI=1S/C15H22N2O.C15H23NO2/c1-3-17(4-2)11-5-6-12-18-15-9-7-14(13-16)8-10-15;1-4-16(5-2)11-6-12-18-15-9-7-14(8-10-15)13(3)17/h7-10H,3-6,11-12H2,1-2H3;7-10H,4-6,11-12H2,1-3H3. The maximum atomic E-state index is 11.1. The highest BCUT2D eigenvalue weighted by molar-refractivity contribution is 5.94. The molecule has 0 amide bonds. The summed E-state index contributed by atoms with van der Waals surface area (Å²) in [7, 11) is 0. The Kier molecular flexibility index (Phi) is 16.7. The zero-order chi connectivity index (χ0) is 26.6. The average molecular weight is 496 g/mol. The van der Waals surface area contributed by atoms with Gasteiger partial charge in [0.2, 0.25) is 0 Å². The van der Waals surface area contributed by atoms with Crippen molar-refractivity contribution in [1.82, 2.24) is 9.80 Å². The number of hydrogen-bond acceptors (Lipinski definition) is 6. The molecule has 36 heavy (non-hydrogen) atoms. The molecule has 2 aromatic rings. The van der Waals surface area contributed by atoms with Crippen molar-refractivity contribution >= 4 is 5.78 Å². The molecule has 0 aliphatic rings. The van der Waals surface area contributed by atoms with Crippen molar-refractivity contribution in [2.24, 2.45) is 0 Å². The van der Waals surface area contributed by atoms with E-state index in [0.29, 0.717) is 5.56 Å². The topological polar surface area (TPSA) is 65.8 Å². The van der Waals surface area contributed by atoms with Crippen LogP contribution < -0.4 is 9.47 Å². The number of Topliss-reactive ketones (excluding diaryl/α,β-unsaturated/α-hetero) is 1. The van der Waals surface area contributed by atoms with E-state index in [0.717, 1.165) is 88.8 Å². The van der Waals surface area contributed by atoms with Gasteiger partial charge >= 0.3 is 0 Å². The maximum Gasteiger partial charge on any atom is 0.159 e. The molecule has 0 saturated heterocycles. The highest BCUT2D eigenvalue weighted by Crippen LogP contribution is 2.13. The Hall–Kier alpha value is -2.88. The maximum absolute atomic E-state index is 11.1. The van der Waals surface area contributed by atoms with Gasteiger partial charge in [-0.25, -0.2) is 0 Å². The molecule has 0 unspecified atom stereocenters. The summed E-state index contributed by atoms with van der Waals surface area (Å²) in [6.45, 7) is 18.4. The fourth-order valence-electron chi connectivity index (χ4n) is 3.60. The largest absolute Gasteiger partial charge is 0.494 e. The minimum absolute atomic E-state index is 0.0862. The molecule has 0 bridgehead atoms. The lowest BCUT2D eigenvalue weighted by molar-refractivity contribution is 0.101. The number of carbonyl (C=O) groups excluding carboxylic acids is 1. The van der Waals surface area contributed by atoms with Gasteiger partial charge in [-0.2, -0.15) is 5.26 Å². The van der Waals surface area contributed by atoms with E-state index in [9.17, 15) is 4.79 Å². The summed E-state index contributed by atoms with van der Waals surface area (Å²) in [6, 6.07) is 16.7. The van der Waals surface area contributed by atoms with Gasteiger partial charge in [-0.1, -0.05) is 27.7 Å². The van der Waals surface area contributed by atoms with Gasteiger partial charge in [0.15, 0.2) is 5.78 Å². The van der Waals surface area contributed by atoms with E-state index in [4.69, 9.17) is 14.7 Å². The van der Waals surface area contributed by atoms with E-state index < -0.39 is 0 Å². The molecule has 0 radical (unpaired) electrons. The van der Waals surface area contributed by atoms with Crippen LogP contribution in [0.5, 0.6) is 11.5 Å². The molecule has 0 aromatic heterocycles. The van der Waals surface area contributed by atoms with Crippen LogP contribution in [0.15, 0.2) is 48.5 Å². The summed E-state index contributed by atoms with van der Waals surface area (Å²) in [5, 5.41) is 8.68. The Morgan fingerprint density at radius 2 is 1.17 bits per heavy atom. The summed E-state index contributed by atoms with van der Waals surface area (Å²) in [5.74, 6) is 1.76. The first-order valence-corrected chi connectivity index (χ1v) is 13.3. The molecule has 0 fully saturated rings. The summed E-state index contributed by atoms with van der Waals surface area (Å²) in [4.78, 5) is 15.9. The van der Waals surface area contributed by atoms with Crippen molar-refractivity contribution in [2.75, 3.05) is 52.5 Å². The van der Waals surface area contributed by atoms with Gasteiger partial charge in [0.05, 0.1) is 24.8 Å². The quantitative estimate of drug-likeness (QED) is 0.208. The third-order valence-corrected chi connectivity index (χ3v) is 6.06. The van der Waals surface area contributed by atoms with Crippen LogP contribution in [0.25, 0.3) is 0 Å². The van der Waals surface area contributed by atoms with Crippen LogP contribution in [0.2, 0.25) is 0 Å². The molecule has 0 spiro atoms. The number of benzene rings is 2. The highest BCUT2D eigenvalue weighted by atomic mass is 16.5. The molecule has 2 aromatic carbocycles. The molecular weight excluding hydrogens is 450 g/mol. The lowest BCUT2D eigenvalue weighted by atomic mass is 10.1. The number of unbranched alkanes of at least 4 members (excludes halogenated alkanes) is 1. The smallest absolute Gasteiger partial charge is 0.159 e. The minimum Gasteiger partial charge on any atom is -0.494 e. The van der Waals surface area contributed by atoms with Crippen molar-refractivity contribution in [2.45, 2.75) is 53.9 Å². The van der Waals surface area contributed by atoms with Gasteiger partial charge in [0.25, 0.3) is 0 Å². The van der Waals surface area contributed by atoms with Crippen molar-refractivity contribution in [1.29, 1.82) is 5.26 Å². The Morgan fingerprint density at radius 3 is 1.61 bits per heavy atom. The second-order valence-corrected chi connectivity index (χ2v) is 8.53. The fourth-order valence-corrected chi connectivity index (χ4v) is 3.60. The second kappa shape index (κ2) is 19.3. The van der Waals surface area contributed by atoms with Gasteiger partial charge < -0.3 is 19.3 Å². The Balaban J connectivity index is 0.000000360.